The van der Waals surface area contributed by atoms with E-state index in [-0.39, 0.29) is 25.7 Å². The van der Waals surface area contributed by atoms with Crippen molar-refractivity contribution in [3.05, 3.63) is 0 Å². The molecule has 17 nitrogen and oxygen atoms in total. The fraction of sp³-hybridized carbons (Fsp3) is 0.950. The first-order valence-corrected chi connectivity index (χ1v) is 44.5. The van der Waals surface area contributed by atoms with Crippen LogP contribution in [0.3, 0.4) is 0 Å². The molecule has 588 valence electrons. The van der Waals surface area contributed by atoms with E-state index in [9.17, 15) is 43.2 Å². The first-order chi connectivity index (χ1) is 47.9. The minimum Gasteiger partial charge on any atom is -0.462 e. The largest absolute Gasteiger partial charge is 0.472 e. The smallest absolute Gasteiger partial charge is 0.462 e. The van der Waals surface area contributed by atoms with Crippen LogP contribution in [0.4, 0.5) is 0 Å². The normalized spacial score (nSPS) is 14.2. The zero-order chi connectivity index (χ0) is 72.8. The van der Waals surface area contributed by atoms with Gasteiger partial charge in [0.15, 0.2) is 12.2 Å². The maximum Gasteiger partial charge on any atom is 0.472 e. The van der Waals surface area contributed by atoms with Gasteiger partial charge in [-0.1, -0.05) is 369 Å². The quantitative estimate of drug-likeness (QED) is 0.0222. The summed E-state index contributed by atoms with van der Waals surface area (Å²) in [6.07, 6.45) is 60.8. The van der Waals surface area contributed by atoms with Crippen LogP contribution in [0.1, 0.15) is 420 Å². The Labute approximate surface area is 607 Å². The van der Waals surface area contributed by atoms with Crippen LogP contribution < -0.4 is 0 Å². The van der Waals surface area contributed by atoms with E-state index >= 15 is 0 Å². The molecule has 0 heterocycles. The van der Waals surface area contributed by atoms with E-state index in [1.54, 1.807) is 0 Å². The molecule has 0 aliphatic carbocycles. The molecule has 19 heteroatoms. The second kappa shape index (κ2) is 71.7. The molecule has 0 aliphatic heterocycles. The number of carbonyl (C=O) groups is 4. The Morgan fingerprint density at radius 3 is 0.768 bits per heavy atom. The van der Waals surface area contributed by atoms with Crippen molar-refractivity contribution >= 4 is 39.5 Å². The molecule has 0 bridgehead atoms. The van der Waals surface area contributed by atoms with Gasteiger partial charge in [-0.2, -0.15) is 0 Å². The van der Waals surface area contributed by atoms with Crippen molar-refractivity contribution in [2.75, 3.05) is 39.6 Å². The molecule has 0 aromatic rings. The molecule has 0 fully saturated rings. The summed E-state index contributed by atoms with van der Waals surface area (Å²) in [7, 11) is -9.92. The summed E-state index contributed by atoms with van der Waals surface area (Å²) in [6, 6.07) is 0. The first kappa shape index (κ1) is 97.1. The van der Waals surface area contributed by atoms with Gasteiger partial charge >= 0.3 is 39.5 Å². The van der Waals surface area contributed by atoms with Crippen LogP contribution in [0.15, 0.2) is 0 Å². The highest BCUT2D eigenvalue weighted by Crippen LogP contribution is 2.45. The standard InChI is InChI=1S/C80H156O17P2/c1-7-10-12-14-16-18-20-21-22-28-34-40-46-52-58-64-79(84)96-75(68-90-77(82)62-56-50-44-38-19-17-15-13-11-8-2)70-94-98(86,87)92-66-74(81)67-93-99(88,89)95-71-76(69-91-78(83)63-57-51-45-39-33-30-25-26-31-36-42-48-54-60-72(4)5)97-80(85)65-59-53-47-41-35-29-24-23-27-32-37-43-49-55-61-73(6)9-3/h72-76,81H,7-71H2,1-6H3,(H,86,87)(H,88,89)/t73?,74-,75+,76+/m0/s1. The van der Waals surface area contributed by atoms with Crippen LogP contribution in [0.5, 0.6) is 0 Å². The Bertz CT molecular complexity index is 1910. The van der Waals surface area contributed by atoms with Gasteiger partial charge in [0.2, 0.25) is 0 Å². The fourth-order valence-electron chi connectivity index (χ4n) is 12.3. The summed E-state index contributed by atoms with van der Waals surface area (Å²) in [5.74, 6) is -0.471. The van der Waals surface area contributed by atoms with Gasteiger partial charge in [0.25, 0.3) is 0 Å². The van der Waals surface area contributed by atoms with Gasteiger partial charge in [-0.25, -0.2) is 9.13 Å². The van der Waals surface area contributed by atoms with Crippen molar-refractivity contribution < 1.29 is 80.2 Å². The predicted octanol–water partition coefficient (Wildman–Crippen LogP) is 23.9. The fourth-order valence-corrected chi connectivity index (χ4v) is 13.9. The van der Waals surface area contributed by atoms with Crippen molar-refractivity contribution in [2.45, 2.75) is 439 Å². The molecule has 0 amide bonds. The number of phosphoric acid groups is 2. The Kier molecular flexibility index (Phi) is 70.3. The molecule has 0 saturated carbocycles. The molecule has 3 N–H and O–H groups in total. The Hall–Kier alpha value is -1.94. The number of rotatable bonds is 79. The molecular weight excluding hydrogens is 1290 g/mol. The number of hydrogen-bond donors (Lipinski definition) is 3. The molecule has 0 radical (unpaired) electrons. The minimum absolute atomic E-state index is 0.108. The van der Waals surface area contributed by atoms with Crippen molar-refractivity contribution in [3.8, 4) is 0 Å². The van der Waals surface area contributed by atoms with E-state index in [4.69, 9.17) is 37.0 Å². The summed E-state index contributed by atoms with van der Waals surface area (Å²) in [5, 5.41) is 10.6. The summed E-state index contributed by atoms with van der Waals surface area (Å²) in [4.78, 5) is 73.0. The van der Waals surface area contributed by atoms with Crippen LogP contribution in [0.2, 0.25) is 0 Å². The number of aliphatic hydroxyl groups excluding tert-OH is 1. The highest BCUT2D eigenvalue weighted by molar-refractivity contribution is 7.47. The van der Waals surface area contributed by atoms with Gasteiger partial charge in [-0.05, 0) is 37.5 Å². The minimum atomic E-state index is -4.96. The number of esters is 4. The van der Waals surface area contributed by atoms with E-state index in [0.29, 0.717) is 25.7 Å². The van der Waals surface area contributed by atoms with Crippen LogP contribution in [0.25, 0.3) is 0 Å². The summed E-state index contributed by atoms with van der Waals surface area (Å²) < 4.78 is 68.7. The second-order valence-corrected chi connectivity index (χ2v) is 32.4. The number of phosphoric ester groups is 2. The average Bonchev–Trinajstić information content (AvgIpc) is 0.960. The average molecular weight is 1450 g/mol. The number of ether oxygens (including phenoxy) is 4. The molecule has 3 unspecified atom stereocenters. The van der Waals surface area contributed by atoms with Gasteiger partial charge < -0.3 is 33.8 Å². The summed E-state index contributed by atoms with van der Waals surface area (Å²) in [5.41, 5.74) is 0. The number of carbonyl (C=O) groups excluding carboxylic acids is 4. The SMILES string of the molecule is CCCCCCCCCCCCCCCCCC(=O)O[C@H](COC(=O)CCCCCCCCCCCC)COP(=O)(O)OC[C@H](O)COP(=O)(O)OC[C@@H](COC(=O)CCCCCCCCCCCCCCCC(C)C)OC(=O)CCCCCCCCCCCCCCCCC(C)CC. The zero-order valence-corrected chi connectivity index (χ0v) is 66.6. The van der Waals surface area contributed by atoms with E-state index in [2.05, 4.69) is 41.5 Å². The molecule has 0 rings (SSSR count). The summed E-state index contributed by atoms with van der Waals surface area (Å²) in [6.45, 7) is 9.70. The maximum atomic E-state index is 13.1. The zero-order valence-electron chi connectivity index (χ0n) is 64.8. The predicted molar refractivity (Wildman–Crippen MR) is 405 cm³/mol. The van der Waals surface area contributed by atoms with Crippen molar-refractivity contribution in [2.24, 2.45) is 11.8 Å². The third-order valence-corrected chi connectivity index (χ3v) is 21.0. The monoisotopic (exact) mass is 1450 g/mol. The number of aliphatic hydroxyl groups is 1. The molecule has 0 saturated heterocycles. The van der Waals surface area contributed by atoms with E-state index in [1.807, 2.05) is 0 Å². The highest BCUT2D eigenvalue weighted by Gasteiger charge is 2.30. The van der Waals surface area contributed by atoms with E-state index in [0.717, 1.165) is 102 Å². The Morgan fingerprint density at radius 2 is 0.515 bits per heavy atom. The lowest BCUT2D eigenvalue weighted by atomic mass is 9.99. The number of hydrogen-bond acceptors (Lipinski definition) is 15. The molecule has 0 spiro atoms. The summed E-state index contributed by atoms with van der Waals surface area (Å²) >= 11 is 0. The number of unbranched alkanes of at least 4 members (excludes halogenated alkanes) is 48. The van der Waals surface area contributed by atoms with E-state index < -0.39 is 97.5 Å². The lowest BCUT2D eigenvalue weighted by molar-refractivity contribution is -0.161. The second-order valence-electron chi connectivity index (χ2n) is 29.5. The molecule has 0 aromatic heterocycles. The van der Waals surface area contributed by atoms with Gasteiger partial charge in [0.05, 0.1) is 26.4 Å². The van der Waals surface area contributed by atoms with E-state index in [1.165, 1.54) is 238 Å². The van der Waals surface area contributed by atoms with Gasteiger partial charge in [0.1, 0.15) is 19.3 Å². The van der Waals surface area contributed by atoms with Gasteiger partial charge in [0, 0.05) is 25.7 Å². The Balaban J connectivity index is 5.25. The lowest BCUT2D eigenvalue weighted by Gasteiger charge is -2.21. The van der Waals surface area contributed by atoms with Crippen molar-refractivity contribution in [1.29, 1.82) is 0 Å². The molecule has 99 heavy (non-hydrogen) atoms. The van der Waals surface area contributed by atoms with Gasteiger partial charge in [-0.15, -0.1) is 0 Å². The van der Waals surface area contributed by atoms with Crippen molar-refractivity contribution in [3.63, 3.8) is 0 Å². The third kappa shape index (κ3) is 72.8. The first-order valence-electron chi connectivity index (χ1n) is 41.5. The molecule has 0 aliphatic rings. The highest BCUT2D eigenvalue weighted by atomic mass is 31.2. The third-order valence-electron chi connectivity index (χ3n) is 19.1. The topological polar surface area (TPSA) is 237 Å². The van der Waals surface area contributed by atoms with Crippen LogP contribution in [-0.2, 0) is 65.4 Å². The van der Waals surface area contributed by atoms with Crippen LogP contribution in [0, 0.1) is 11.8 Å². The van der Waals surface area contributed by atoms with Crippen molar-refractivity contribution in [1.82, 2.24) is 0 Å². The molecule has 6 atom stereocenters. The lowest BCUT2D eigenvalue weighted by Crippen LogP contribution is -2.30. The maximum absolute atomic E-state index is 13.1. The van der Waals surface area contributed by atoms with Gasteiger partial charge in [-0.3, -0.25) is 37.3 Å². The molecule has 0 aromatic carbocycles. The Morgan fingerprint density at radius 1 is 0.293 bits per heavy atom. The van der Waals surface area contributed by atoms with Crippen LogP contribution >= 0.6 is 15.6 Å². The molecular formula is C80H156O17P2. The van der Waals surface area contributed by atoms with Crippen LogP contribution in [-0.4, -0.2) is 96.7 Å².